The van der Waals surface area contributed by atoms with Crippen LogP contribution in [0.2, 0.25) is 0 Å². The first kappa shape index (κ1) is 13.4. The second-order valence-corrected chi connectivity index (χ2v) is 7.54. The van der Waals surface area contributed by atoms with Gasteiger partial charge in [-0.05, 0) is 42.1 Å². The summed E-state index contributed by atoms with van der Waals surface area (Å²) in [7, 11) is 0. The minimum atomic E-state index is 0.541. The fourth-order valence-electron chi connectivity index (χ4n) is 3.98. The molecule has 2 fully saturated rings. The monoisotopic (exact) mass is 237 g/mol. The fraction of sp³-hybridized carbons (Fsp3) is 1.00. The van der Waals surface area contributed by atoms with Crippen molar-refractivity contribution in [1.29, 1.82) is 0 Å². The summed E-state index contributed by atoms with van der Waals surface area (Å²) >= 11 is 0. The molecule has 0 aliphatic heterocycles. The van der Waals surface area contributed by atoms with Crippen LogP contribution in [-0.2, 0) is 0 Å². The Labute approximate surface area is 108 Å². The van der Waals surface area contributed by atoms with Crippen LogP contribution in [0.3, 0.4) is 0 Å². The van der Waals surface area contributed by atoms with Crippen molar-refractivity contribution < 1.29 is 0 Å². The van der Waals surface area contributed by atoms with Crippen LogP contribution >= 0.6 is 0 Å². The molecule has 0 bridgehead atoms. The van der Waals surface area contributed by atoms with Crippen molar-refractivity contribution in [2.75, 3.05) is 6.54 Å². The van der Waals surface area contributed by atoms with E-state index in [0.29, 0.717) is 10.8 Å². The van der Waals surface area contributed by atoms with E-state index in [4.69, 9.17) is 0 Å². The number of rotatable bonds is 4. The fourth-order valence-corrected chi connectivity index (χ4v) is 3.98. The standard InChI is InChI=1S/C16H31N/c1-6-12-8-7-9-13(10-12)17-11-14-15(2,3)16(14,4)5/h12-14,17H,6-11H2,1-5H3. The summed E-state index contributed by atoms with van der Waals surface area (Å²) in [6.45, 7) is 13.3. The maximum Gasteiger partial charge on any atom is 0.00698 e. The summed E-state index contributed by atoms with van der Waals surface area (Å²) in [5, 5.41) is 3.86. The predicted octanol–water partition coefficient (Wildman–Crippen LogP) is 4.23. The maximum absolute atomic E-state index is 3.86. The minimum Gasteiger partial charge on any atom is -0.314 e. The molecule has 100 valence electrons. The molecule has 0 amide bonds. The Bertz CT molecular complexity index is 253. The molecule has 1 N–H and O–H groups in total. The van der Waals surface area contributed by atoms with Gasteiger partial charge < -0.3 is 5.32 Å². The van der Waals surface area contributed by atoms with Crippen molar-refractivity contribution in [1.82, 2.24) is 5.32 Å². The van der Waals surface area contributed by atoms with Crippen molar-refractivity contribution >= 4 is 0 Å². The van der Waals surface area contributed by atoms with Gasteiger partial charge in [-0.3, -0.25) is 0 Å². The molecule has 0 aromatic rings. The van der Waals surface area contributed by atoms with E-state index in [0.717, 1.165) is 17.9 Å². The lowest BCUT2D eigenvalue weighted by molar-refractivity contribution is 0.274. The normalized spacial score (nSPS) is 35.8. The molecule has 2 rings (SSSR count). The van der Waals surface area contributed by atoms with Crippen molar-refractivity contribution in [3.05, 3.63) is 0 Å². The third-order valence-electron chi connectivity index (χ3n) is 6.29. The average molecular weight is 237 g/mol. The van der Waals surface area contributed by atoms with E-state index in [-0.39, 0.29) is 0 Å². The summed E-state index contributed by atoms with van der Waals surface area (Å²) in [6, 6.07) is 0.806. The summed E-state index contributed by atoms with van der Waals surface area (Å²) < 4.78 is 0. The molecule has 0 spiro atoms. The molecule has 0 radical (unpaired) electrons. The van der Waals surface area contributed by atoms with Gasteiger partial charge in [0.05, 0.1) is 0 Å². The Kier molecular flexibility index (Phi) is 3.60. The second kappa shape index (κ2) is 4.57. The third kappa shape index (κ3) is 2.41. The molecule has 1 heteroatoms. The number of nitrogens with one attached hydrogen (secondary N) is 1. The molecular formula is C16H31N. The molecule has 2 unspecified atom stereocenters. The molecule has 17 heavy (non-hydrogen) atoms. The van der Waals surface area contributed by atoms with Crippen LogP contribution < -0.4 is 5.32 Å². The first-order valence-electron chi connectivity index (χ1n) is 7.63. The highest BCUT2D eigenvalue weighted by molar-refractivity contribution is 5.13. The molecule has 0 aromatic carbocycles. The van der Waals surface area contributed by atoms with Crippen LogP contribution in [0.4, 0.5) is 0 Å². The van der Waals surface area contributed by atoms with Gasteiger partial charge >= 0.3 is 0 Å². The van der Waals surface area contributed by atoms with Crippen molar-refractivity contribution in [2.24, 2.45) is 22.7 Å². The molecular weight excluding hydrogens is 206 g/mol. The predicted molar refractivity (Wildman–Crippen MR) is 75.1 cm³/mol. The zero-order valence-electron chi connectivity index (χ0n) is 12.5. The van der Waals surface area contributed by atoms with Crippen LogP contribution in [0.15, 0.2) is 0 Å². The molecule has 0 heterocycles. The highest BCUT2D eigenvalue weighted by Crippen LogP contribution is 2.67. The number of hydrogen-bond donors (Lipinski definition) is 1. The van der Waals surface area contributed by atoms with Crippen LogP contribution in [-0.4, -0.2) is 12.6 Å². The molecule has 0 saturated heterocycles. The molecule has 1 nitrogen and oxygen atoms in total. The van der Waals surface area contributed by atoms with E-state index >= 15 is 0 Å². The zero-order chi connectivity index (χ0) is 12.7. The molecule has 2 saturated carbocycles. The Balaban J connectivity index is 1.76. The largest absolute Gasteiger partial charge is 0.314 e. The van der Waals surface area contributed by atoms with Gasteiger partial charge in [-0.25, -0.2) is 0 Å². The summed E-state index contributed by atoms with van der Waals surface area (Å²) in [5.41, 5.74) is 1.08. The first-order chi connectivity index (χ1) is 7.89. The summed E-state index contributed by atoms with van der Waals surface area (Å²) in [4.78, 5) is 0. The van der Waals surface area contributed by atoms with Crippen LogP contribution in [0.1, 0.15) is 66.7 Å². The molecule has 2 aliphatic carbocycles. The van der Waals surface area contributed by atoms with Crippen LogP contribution in [0.25, 0.3) is 0 Å². The van der Waals surface area contributed by atoms with E-state index in [2.05, 4.69) is 39.9 Å². The third-order valence-corrected chi connectivity index (χ3v) is 6.29. The van der Waals surface area contributed by atoms with Crippen molar-refractivity contribution in [2.45, 2.75) is 72.8 Å². The maximum atomic E-state index is 3.86. The van der Waals surface area contributed by atoms with Gasteiger partial charge in [0.1, 0.15) is 0 Å². The molecule has 0 aromatic heterocycles. The highest BCUT2D eigenvalue weighted by Gasteiger charge is 2.63. The quantitative estimate of drug-likeness (QED) is 0.771. The first-order valence-corrected chi connectivity index (χ1v) is 7.63. The smallest absolute Gasteiger partial charge is 0.00698 e. The van der Waals surface area contributed by atoms with Gasteiger partial charge in [-0.15, -0.1) is 0 Å². The Morgan fingerprint density at radius 3 is 2.24 bits per heavy atom. The topological polar surface area (TPSA) is 12.0 Å². The Hall–Kier alpha value is -0.0400. The summed E-state index contributed by atoms with van der Waals surface area (Å²) in [5.74, 6) is 1.86. The lowest BCUT2D eigenvalue weighted by atomic mass is 9.84. The van der Waals surface area contributed by atoms with E-state index in [1.807, 2.05) is 0 Å². The lowest BCUT2D eigenvalue weighted by Crippen LogP contribution is -2.36. The highest BCUT2D eigenvalue weighted by atomic mass is 14.9. The zero-order valence-corrected chi connectivity index (χ0v) is 12.5. The van der Waals surface area contributed by atoms with E-state index < -0.39 is 0 Å². The van der Waals surface area contributed by atoms with Gasteiger partial charge in [-0.2, -0.15) is 0 Å². The molecule has 2 aliphatic rings. The van der Waals surface area contributed by atoms with Gasteiger partial charge in [0, 0.05) is 6.04 Å². The van der Waals surface area contributed by atoms with Gasteiger partial charge in [-0.1, -0.05) is 53.9 Å². The Morgan fingerprint density at radius 1 is 1.06 bits per heavy atom. The van der Waals surface area contributed by atoms with Crippen molar-refractivity contribution in [3.8, 4) is 0 Å². The van der Waals surface area contributed by atoms with E-state index in [1.54, 1.807) is 0 Å². The van der Waals surface area contributed by atoms with E-state index in [9.17, 15) is 0 Å². The van der Waals surface area contributed by atoms with Gasteiger partial charge in [0.25, 0.3) is 0 Å². The van der Waals surface area contributed by atoms with Crippen molar-refractivity contribution in [3.63, 3.8) is 0 Å². The van der Waals surface area contributed by atoms with Crippen LogP contribution in [0, 0.1) is 22.7 Å². The second-order valence-electron chi connectivity index (χ2n) is 7.54. The SMILES string of the molecule is CCC1CCCC(NCC2C(C)(C)C2(C)C)C1. The molecule has 2 atom stereocenters. The summed E-state index contributed by atoms with van der Waals surface area (Å²) in [6.07, 6.45) is 7.11. The lowest BCUT2D eigenvalue weighted by Gasteiger charge is -2.29. The Morgan fingerprint density at radius 2 is 1.71 bits per heavy atom. The number of hydrogen-bond acceptors (Lipinski definition) is 1. The van der Waals surface area contributed by atoms with E-state index in [1.165, 1.54) is 38.6 Å². The van der Waals surface area contributed by atoms with Gasteiger partial charge in [0.15, 0.2) is 0 Å². The minimum absolute atomic E-state index is 0.541. The average Bonchev–Trinajstić information content (AvgIpc) is 2.67. The van der Waals surface area contributed by atoms with Gasteiger partial charge in [0.2, 0.25) is 0 Å². The van der Waals surface area contributed by atoms with Crippen LogP contribution in [0.5, 0.6) is 0 Å².